The first-order valence-corrected chi connectivity index (χ1v) is 7.77. The lowest BCUT2D eigenvalue weighted by Crippen LogP contribution is -1.97. The number of hydrogen-bond donors (Lipinski definition) is 1. The second kappa shape index (κ2) is 6.17. The van der Waals surface area contributed by atoms with E-state index < -0.39 is 0 Å². The second-order valence-electron chi connectivity index (χ2n) is 5.07. The number of rotatable bonds is 4. The number of benzene rings is 2. The summed E-state index contributed by atoms with van der Waals surface area (Å²) >= 11 is 5.34. The van der Waals surface area contributed by atoms with E-state index in [2.05, 4.69) is 10.2 Å². The van der Waals surface area contributed by atoms with Crippen molar-refractivity contribution in [1.82, 2.24) is 14.8 Å². The monoisotopic (exact) mass is 335 g/mol. The minimum Gasteiger partial charge on any atom is -0.461 e. The van der Waals surface area contributed by atoms with Gasteiger partial charge >= 0.3 is 0 Å². The Hall–Kier alpha value is -3.12. The lowest BCUT2D eigenvalue weighted by atomic mass is 10.3. The fraction of sp³-hybridized carbons (Fsp3) is 0. The molecular weight excluding hydrogens is 322 g/mol. The van der Waals surface area contributed by atoms with Gasteiger partial charge in [-0.3, -0.25) is 9.67 Å². The molecule has 1 N–H and O–H groups in total. The van der Waals surface area contributed by atoms with Gasteiger partial charge in [0.25, 0.3) is 0 Å². The quantitative estimate of drug-likeness (QED) is 0.534. The molecule has 0 spiro atoms. The van der Waals surface area contributed by atoms with Crippen molar-refractivity contribution in [3.8, 4) is 28.8 Å². The summed E-state index contributed by atoms with van der Waals surface area (Å²) in [5.74, 6) is 2.81. The molecule has 0 amide bonds. The minimum atomic E-state index is 0.498. The Bertz CT molecular complexity index is 987. The van der Waals surface area contributed by atoms with Gasteiger partial charge in [-0.15, -0.1) is 0 Å². The van der Waals surface area contributed by atoms with Crippen molar-refractivity contribution in [3.05, 3.63) is 77.8 Å². The fourth-order valence-electron chi connectivity index (χ4n) is 2.40. The number of furan rings is 1. The van der Waals surface area contributed by atoms with E-state index in [1.165, 1.54) is 0 Å². The average molecular weight is 335 g/mol. The Morgan fingerprint density at radius 2 is 1.67 bits per heavy atom. The van der Waals surface area contributed by atoms with E-state index >= 15 is 0 Å². The Kier molecular flexibility index (Phi) is 3.72. The third kappa shape index (κ3) is 2.75. The van der Waals surface area contributed by atoms with Crippen LogP contribution in [0.2, 0.25) is 0 Å². The Morgan fingerprint density at radius 3 is 2.38 bits per heavy atom. The Balaban J connectivity index is 1.67. The van der Waals surface area contributed by atoms with E-state index in [-0.39, 0.29) is 0 Å². The van der Waals surface area contributed by atoms with Crippen molar-refractivity contribution in [2.75, 3.05) is 0 Å². The highest BCUT2D eigenvalue weighted by Crippen LogP contribution is 2.25. The van der Waals surface area contributed by atoms with Crippen molar-refractivity contribution < 1.29 is 9.15 Å². The molecule has 2 heterocycles. The molecule has 4 aromatic rings. The number of nitrogens with one attached hydrogen (secondary N) is 1. The van der Waals surface area contributed by atoms with E-state index in [0.29, 0.717) is 16.4 Å². The molecule has 0 saturated heterocycles. The molecule has 4 rings (SSSR count). The molecule has 5 nitrogen and oxygen atoms in total. The number of nitrogens with zero attached hydrogens (tertiary/aromatic N) is 2. The van der Waals surface area contributed by atoms with Crippen LogP contribution in [-0.2, 0) is 0 Å². The van der Waals surface area contributed by atoms with Gasteiger partial charge < -0.3 is 9.15 Å². The zero-order valence-electron chi connectivity index (χ0n) is 12.5. The molecule has 2 aromatic heterocycles. The third-order valence-corrected chi connectivity index (χ3v) is 3.76. The van der Waals surface area contributed by atoms with Crippen LogP contribution in [0, 0.1) is 4.77 Å². The summed E-state index contributed by atoms with van der Waals surface area (Å²) in [4.78, 5) is 0. The van der Waals surface area contributed by atoms with Crippen LogP contribution >= 0.6 is 12.2 Å². The molecule has 0 saturated carbocycles. The van der Waals surface area contributed by atoms with E-state index in [1.54, 1.807) is 6.26 Å². The van der Waals surface area contributed by atoms with Crippen molar-refractivity contribution in [3.63, 3.8) is 0 Å². The molecule has 0 atom stereocenters. The summed E-state index contributed by atoms with van der Waals surface area (Å²) in [5, 5.41) is 7.05. The molecule has 118 valence electrons. The van der Waals surface area contributed by atoms with Gasteiger partial charge in [-0.1, -0.05) is 18.2 Å². The number of aromatic nitrogens is 3. The molecule has 6 heteroatoms. The molecular formula is C18H13N3O2S. The maximum atomic E-state index is 5.81. The lowest BCUT2D eigenvalue weighted by molar-refractivity contribution is 0.482. The molecule has 0 bridgehead atoms. The SMILES string of the molecule is S=c1[nH]nc(-c2ccco2)n1-c1ccc(Oc2ccccc2)cc1. The van der Waals surface area contributed by atoms with E-state index in [1.807, 2.05) is 71.3 Å². The minimum absolute atomic E-state index is 0.498. The van der Waals surface area contributed by atoms with E-state index in [4.69, 9.17) is 21.4 Å². The van der Waals surface area contributed by atoms with Gasteiger partial charge in [-0.05, 0) is 60.7 Å². The van der Waals surface area contributed by atoms with Gasteiger partial charge in [0.2, 0.25) is 5.82 Å². The van der Waals surface area contributed by atoms with Gasteiger partial charge in [-0.25, -0.2) is 0 Å². The van der Waals surface area contributed by atoms with Crippen molar-refractivity contribution in [1.29, 1.82) is 0 Å². The van der Waals surface area contributed by atoms with E-state index in [0.717, 1.165) is 17.2 Å². The number of para-hydroxylation sites is 1. The molecule has 0 radical (unpaired) electrons. The van der Waals surface area contributed by atoms with Crippen molar-refractivity contribution in [2.24, 2.45) is 0 Å². The van der Waals surface area contributed by atoms with Gasteiger partial charge in [-0.2, -0.15) is 5.10 Å². The zero-order valence-corrected chi connectivity index (χ0v) is 13.4. The molecule has 0 aliphatic carbocycles. The largest absolute Gasteiger partial charge is 0.461 e. The molecule has 24 heavy (non-hydrogen) atoms. The summed E-state index contributed by atoms with van der Waals surface area (Å²) in [5.41, 5.74) is 0.876. The summed E-state index contributed by atoms with van der Waals surface area (Å²) in [6.45, 7) is 0. The second-order valence-corrected chi connectivity index (χ2v) is 5.46. The van der Waals surface area contributed by atoms with Crippen LogP contribution in [-0.4, -0.2) is 14.8 Å². The molecule has 0 unspecified atom stereocenters. The molecule has 0 aliphatic rings. The predicted molar refractivity (Wildman–Crippen MR) is 93.0 cm³/mol. The number of hydrogen-bond acceptors (Lipinski definition) is 4. The standard InChI is InChI=1S/C18H13N3O2S/c24-18-20-19-17(16-7-4-12-22-16)21(18)13-8-10-15(11-9-13)23-14-5-2-1-3-6-14/h1-12H,(H,20,24). The van der Waals surface area contributed by atoms with Gasteiger partial charge in [0.1, 0.15) is 11.5 Å². The summed E-state index contributed by atoms with van der Waals surface area (Å²) in [6.07, 6.45) is 1.61. The summed E-state index contributed by atoms with van der Waals surface area (Å²) in [6, 6.07) is 20.9. The number of aromatic amines is 1. The Morgan fingerprint density at radius 1 is 0.917 bits per heavy atom. The van der Waals surface area contributed by atoms with Crippen LogP contribution in [0.1, 0.15) is 0 Å². The molecule has 0 aliphatic heterocycles. The van der Waals surface area contributed by atoms with Crippen LogP contribution < -0.4 is 4.74 Å². The first kappa shape index (κ1) is 14.5. The third-order valence-electron chi connectivity index (χ3n) is 3.49. The molecule has 2 aromatic carbocycles. The average Bonchev–Trinajstić information content (AvgIpc) is 3.26. The maximum absolute atomic E-state index is 5.81. The highest BCUT2D eigenvalue weighted by atomic mass is 32.1. The summed E-state index contributed by atoms with van der Waals surface area (Å²) < 4.78 is 13.5. The van der Waals surface area contributed by atoms with Crippen LogP contribution in [0.15, 0.2) is 77.4 Å². The molecule has 0 fully saturated rings. The smallest absolute Gasteiger partial charge is 0.202 e. The van der Waals surface area contributed by atoms with Gasteiger partial charge in [0, 0.05) is 0 Å². The maximum Gasteiger partial charge on any atom is 0.202 e. The van der Waals surface area contributed by atoms with Crippen molar-refractivity contribution >= 4 is 12.2 Å². The highest BCUT2D eigenvalue weighted by Gasteiger charge is 2.13. The van der Waals surface area contributed by atoms with Gasteiger partial charge in [0.15, 0.2) is 10.5 Å². The number of H-pyrrole nitrogens is 1. The van der Waals surface area contributed by atoms with Crippen LogP contribution in [0.5, 0.6) is 11.5 Å². The zero-order chi connectivity index (χ0) is 16.4. The topological polar surface area (TPSA) is 56.0 Å². The lowest BCUT2D eigenvalue weighted by Gasteiger charge is -2.08. The van der Waals surface area contributed by atoms with Crippen LogP contribution in [0.25, 0.3) is 17.3 Å². The Labute approximate surface area is 143 Å². The van der Waals surface area contributed by atoms with Crippen molar-refractivity contribution in [2.45, 2.75) is 0 Å². The predicted octanol–water partition coefficient (Wildman–Crippen LogP) is 4.98. The van der Waals surface area contributed by atoms with Crippen LogP contribution in [0.4, 0.5) is 0 Å². The normalized spacial score (nSPS) is 10.7. The van der Waals surface area contributed by atoms with E-state index in [9.17, 15) is 0 Å². The number of ether oxygens (including phenoxy) is 1. The first-order chi connectivity index (χ1) is 11.8. The fourth-order valence-corrected chi connectivity index (χ4v) is 2.63. The summed E-state index contributed by atoms with van der Waals surface area (Å²) in [7, 11) is 0. The van der Waals surface area contributed by atoms with Gasteiger partial charge in [0.05, 0.1) is 12.0 Å². The first-order valence-electron chi connectivity index (χ1n) is 7.36. The van der Waals surface area contributed by atoms with Crippen LogP contribution in [0.3, 0.4) is 0 Å². The highest BCUT2D eigenvalue weighted by molar-refractivity contribution is 7.71.